The molecule has 0 bridgehead atoms. The fourth-order valence-corrected chi connectivity index (χ4v) is 4.50. The third-order valence-corrected chi connectivity index (χ3v) is 5.97. The summed E-state index contributed by atoms with van der Waals surface area (Å²) in [5, 5.41) is 5.96. The van der Waals surface area contributed by atoms with Gasteiger partial charge in [0.05, 0.1) is 34.2 Å². The first-order valence-corrected chi connectivity index (χ1v) is 12.1. The van der Waals surface area contributed by atoms with Crippen molar-refractivity contribution in [1.29, 1.82) is 0 Å². The van der Waals surface area contributed by atoms with E-state index in [2.05, 4.69) is 20.6 Å². The molecule has 37 heavy (non-hydrogen) atoms. The number of aliphatic imine (C=N–C) groups is 1. The number of amides is 2. The Kier molecular flexibility index (Phi) is 8.38. The summed E-state index contributed by atoms with van der Waals surface area (Å²) in [5.74, 6) is -2.28. The fourth-order valence-electron chi connectivity index (χ4n) is 3.73. The highest BCUT2D eigenvalue weighted by molar-refractivity contribution is 6.42. The van der Waals surface area contributed by atoms with Gasteiger partial charge < -0.3 is 20.1 Å². The lowest BCUT2D eigenvalue weighted by atomic mass is 9.99. The minimum atomic E-state index is -1.40. The van der Waals surface area contributed by atoms with Crippen LogP contribution in [0, 0.1) is 12.7 Å². The molecular weight excluding hydrogens is 522 g/mol. The number of ether oxygens (including phenoxy) is 2. The van der Waals surface area contributed by atoms with E-state index in [1.54, 1.807) is 36.4 Å². The van der Waals surface area contributed by atoms with Gasteiger partial charge in [-0.05, 0) is 43.7 Å². The molecule has 0 fully saturated rings. The van der Waals surface area contributed by atoms with Crippen LogP contribution in [-0.2, 0) is 9.53 Å². The molecule has 1 aliphatic heterocycles. The second-order valence-corrected chi connectivity index (χ2v) is 8.86. The number of benzene rings is 2. The summed E-state index contributed by atoms with van der Waals surface area (Å²) in [4.78, 5) is 34.7. The van der Waals surface area contributed by atoms with E-state index in [4.69, 9.17) is 32.7 Å². The number of benzodiazepines with no additional fused rings is 1. The molecule has 1 aliphatic rings. The molecule has 3 aromatic rings. The Morgan fingerprint density at radius 1 is 1.16 bits per heavy atom. The van der Waals surface area contributed by atoms with E-state index in [9.17, 15) is 14.0 Å². The average Bonchev–Trinajstić information content (AvgIpc) is 2.98. The Labute approximate surface area is 222 Å². The van der Waals surface area contributed by atoms with Crippen molar-refractivity contribution in [2.75, 3.05) is 25.1 Å². The number of aromatic nitrogens is 1. The minimum Gasteiger partial charge on any atom is -0.475 e. The summed E-state index contributed by atoms with van der Waals surface area (Å²) in [6.07, 6.45) is -0.470. The van der Waals surface area contributed by atoms with E-state index in [1.807, 2.05) is 13.8 Å². The van der Waals surface area contributed by atoms with Gasteiger partial charge in [-0.3, -0.25) is 9.59 Å². The number of halogens is 3. The maximum Gasteiger partial charge on any atom is 0.269 e. The Hall–Kier alpha value is -3.53. The molecule has 4 rings (SSSR count). The topological polar surface area (TPSA) is 102 Å². The van der Waals surface area contributed by atoms with Crippen molar-refractivity contribution in [3.63, 3.8) is 0 Å². The summed E-state index contributed by atoms with van der Waals surface area (Å²) < 4.78 is 24.7. The number of fused-ring (bicyclic) bond motifs is 1. The number of pyridine rings is 1. The summed E-state index contributed by atoms with van der Waals surface area (Å²) >= 11 is 13.1. The number of nitrogens with zero attached hydrogens (tertiary/aromatic N) is 2. The molecular formula is C26H23Cl2FN4O4. The highest BCUT2D eigenvalue weighted by atomic mass is 35.5. The number of nitrogens with one attached hydrogen (secondary N) is 2. The number of carbonyl (C=O) groups is 2. The third kappa shape index (κ3) is 6.07. The van der Waals surface area contributed by atoms with Crippen molar-refractivity contribution in [3.05, 3.63) is 86.8 Å². The van der Waals surface area contributed by atoms with Crippen LogP contribution < -0.4 is 15.4 Å². The number of aryl methyl sites for hydroxylation is 1. The summed E-state index contributed by atoms with van der Waals surface area (Å²) in [7, 11) is 0. The molecule has 2 aromatic carbocycles. The molecule has 0 saturated heterocycles. The van der Waals surface area contributed by atoms with Crippen LogP contribution in [0.5, 0.6) is 5.88 Å². The van der Waals surface area contributed by atoms with Crippen LogP contribution in [-0.4, -0.2) is 48.5 Å². The first kappa shape index (κ1) is 26.5. The predicted octanol–water partition coefficient (Wildman–Crippen LogP) is 4.80. The van der Waals surface area contributed by atoms with Gasteiger partial charge >= 0.3 is 0 Å². The molecule has 0 spiro atoms. The summed E-state index contributed by atoms with van der Waals surface area (Å²) in [6, 6.07) is 11.4. The second kappa shape index (κ2) is 11.7. The number of anilines is 1. The normalized spacial score (nSPS) is 14.8. The van der Waals surface area contributed by atoms with Crippen molar-refractivity contribution in [1.82, 2.24) is 10.3 Å². The fraction of sp³-hybridized carbons (Fsp3) is 0.231. The molecule has 2 amide bonds. The van der Waals surface area contributed by atoms with Crippen LogP contribution in [0.4, 0.5) is 10.1 Å². The van der Waals surface area contributed by atoms with Gasteiger partial charge in [0.1, 0.15) is 18.0 Å². The van der Waals surface area contributed by atoms with Crippen molar-refractivity contribution >= 4 is 46.4 Å². The van der Waals surface area contributed by atoms with Crippen molar-refractivity contribution in [2.45, 2.75) is 20.0 Å². The van der Waals surface area contributed by atoms with Crippen LogP contribution in [0.25, 0.3) is 0 Å². The van der Waals surface area contributed by atoms with E-state index in [0.29, 0.717) is 39.2 Å². The lowest BCUT2D eigenvalue weighted by molar-refractivity contribution is -0.117. The molecule has 2 heterocycles. The van der Waals surface area contributed by atoms with Crippen LogP contribution in [0.2, 0.25) is 10.0 Å². The van der Waals surface area contributed by atoms with Crippen molar-refractivity contribution < 1.29 is 23.5 Å². The summed E-state index contributed by atoms with van der Waals surface area (Å²) in [6.45, 7) is 4.52. The smallest absolute Gasteiger partial charge is 0.269 e. The van der Waals surface area contributed by atoms with Gasteiger partial charge in [0.25, 0.3) is 11.8 Å². The molecule has 1 aromatic heterocycles. The SMILES string of the molecule is CCOCCOc1ncc(F)cc1C(=O)N[C@H]1N=C(c2c(Cl)cc(C)cc2Cl)c2ccccc2NC1=O. The lowest BCUT2D eigenvalue weighted by Crippen LogP contribution is -2.42. The van der Waals surface area contributed by atoms with Gasteiger partial charge in [-0.25, -0.2) is 14.4 Å². The maximum absolute atomic E-state index is 14.0. The highest BCUT2D eigenvalue weighted by Gasteiger charge is 2.30. The number of rotatable bonds is 8. The quantitative estimate of drug-likeness (QED) is 0.396. The molecule has 2 N–H and O–H groups in total. The molecule has 1 atom stereocenters. The van der Waals surface area contributed by atoms with Crippen LogP contribution >= 0.6 is 23.2 Å². The van der Waals surface area contributed by atoms with Crippen LogP contribution in [0.3, 0.4) is 0 Å². The van der Waals surface area contributed by atoms with Crippen LogP contribution in [0.15, 0.2) is 53.7 Å². The van der Waals surface area contributed by atoms with E-state index in [-0.39, 0.29) is 24.7 Å². The monoisotopic (exact) mass is 544 g/mol. The average molecular weight is 545 g/mol. The van der Waals surface area contributed by atoms with Gasteiger partial charge in [-0.15, -0.1) is 0 Å². The Balaban J connectivity index is 1.72. The first-order chi connectivity index (χ1) is 17.8. The predicted molar refractivity (Wildman–Crippen MR) is 139 cm³/mol. The zero-order valence-electron chi connectivity index (χ0n) is 20.0. The zero-order valence-corrected chi connectivity index (χ0v) is 21.5. The Morgan fingerprint density at radius 2 is 1.89 bits per heavy atom. The third-order valence-electron chi connectivity index (χ3n) is 5.37. The lowest BCUT2D eigenvalue weighted by Gasteiger charge is -2.16. The first-order valence-electron chi connectivity index (χ1n) is 11.4. The van der Waals surface area contributed by atoms with E-state index in [0.717, 1.165) is 17.8 Å². The zero-order chi connectivity index (χ0) is 26.5. The number of para-hydroxylation sites is 1. The molecule has 11 heteroatoms. The van der Waals surface area contributed by atoms with Gasteiger partial charge in [-0.2, -0.15) is 0 Å². The highest BCUT2D eigenvalue weighted by Crippen LogP contribution is 2.33. The second-order valence-electron chi connectivity index (χ2n) is 8.04. The minimum absolute atomic E-state index is 0.0959. The Bertz CT molecular complexity index is 1360. The van der Waals surface area contributed by atoms with E-state index in [1.165, 1.54) is 0 Å². The van der Waals surface area contributed by atoms with Crippen LogP contribution in [0.1, 0.15) is 34.0 Å². The van der Waals surface area contributed by atoms with E-state index >= 15 is 0 Å². The number of carbonyl (C=O) groups excluding carboxylic acids is 2. The standard InChI is InChI=1S/C26H23Cl2FN4O4/c1-3-36-8-9-37-26-17(12-15(29)13-30-26)24(34)33-23-25(35)31-20-7-5-4-6-16(20)22(32-23)21-18(27)10-14(2)11-19(21)28/h4-7,10-13,23H,3,8-9H2,1-2H3,(H,31,35)(H,33,34)/t23-/m1/s1. The largest absolute Gasteiger partial charge is 0.475 e. The molecule has 0 saturated carbocycles. The molecule has 0 unspecified atom stereocenters. The molecule has 0 radical (unpaired) electrons. The van der Waals surface area contributed by atoms with Crippen molar-refractivity contribution in [2.24, 2.45) is 4.99 Å². The van der Waals surface area contributed by atoms with Gasteiger partial charge in [0.2, 0.25) is 12.0 Å². The molecule has 0 aliphatic carbocycles. The maximum atomic E-state index is 14.0. The number of hydrogen-bond donors (Lipinski definition) is 2. The van der Waals surface area contributed by atoms with Gasteiger partial charge in [-0.1, -0.05) is 41.4 Å². The molecule has 8 nitrogen and oxygen atoms in total. The Morgan fingerprint density at radius 3 is 2.62 bits per heavy atom. The van der Waals surface area contributed by atoms with Gasteiger partial charge in [0.15, 0.2) is 0 Å². The van der Waals surface area contributed by atoms with Crippen molar-refractivity contribution in [3.8, 4) is 5.88 Å². The summed E-state index contributed by atoms with van der Waals surface area (Å²) in [5.41, 5.74) is 2.38. The van der Waals surface area contributed by atoms with E-state index < -0.39 is 23.8 Å². The number of hydrogen-bond acceptors (Lipinski definition) is 6. The van der Waals surface area contributed by atoms with Gasteiger partial charge in [0, 0.05) is 17.7 Å². The molecule has 192 valence electrons.